The fourth-order valence-corrected chi connectivity index (χ4v) is 4.80. The summed E-state index contributed by atoms with van der Waals surface area (Å²) in [6.07, 6.45) is 12.0. The molecule has 1 saturated heterocycles. The number of nitrogens with zero attached hydrogens (tertiary/aromatic N) is 6. The monoisotopic (exact) mass is 411 g/mol. The van der Waals surface area contributed by atoms with Gasteiger partial charge in [-0.05, 0) is 61.8 Å². The fourth-order valence-electron chi connectivity index (χ4n) is 4.63. The summed E-state index contributed by atoms with van der Waals surface area (Å²) in [4.78, 5) is 18.0. The predicted molar refractivity (Wildman–Crippen MR) is 114 cm³/mol. The molecule has 8 heteroatoms. The smallest absolute Gasteiger partial charge is 0.226 e. The Kier molecular flexibility index (Phi) is 5.33. The van der Waals surface area contributed by atoms with Gasteiger partial charge in [-0.15, -0.1) is 0 Å². The van der Waals surface area contributed by atoms with E-state index in [1.807, 2.05) is 18.6 Å². The Morgan fingerprint density at radius 3 is 2.62 bits per heavy atom. The van der Waals surface area contributed by atoms with Gasteiger partial charge in [0.15, 0.2) is 17.0 Å². The molecule has 1 aliphatic heterocycles. The minimum atomic E-state index is 0.268. The molecular formula is C21H26ClN7. The second-order valence-corrected chi connectivity index (χ2v) is 8.51. The Balaban J connectivity index is 1.27. The molecule has 2 aliphatic rings. The van der Waals surface area contributed by atoms with E-state index in [2.05, 4.69) is 47.1 Å². The number of aromatic nitrogens is 5. The Labute approximate surface area is 175 Å². The van der Waals surface area contributed by atoms with Crippen molar-refractivity contribution in [3.63, 3.8) is 0 Å². The van der Waals surface area contributed by atoms with Crippen LogP contribution in [0.25, 0.3) is 11.2 Å². The summed E-state index contributed by atoms with van der Waals surface area (Å²) in [5.41, 5.74) is 6.28. The zero-order valence-electron chi connectivity index (χ0n) is 16.5. The number of nitrogens with one attached hydrogen (secondary N) is 1. The van der Waals surface area contributed by atoms with Gasteiger partial charge in [-0.3, -0.25) is 4.98 Å². The SMILES string of the molecule is Clc1nc(NN2CCC(Cc3ccccn3)CC2)c2ncn(C3CCCC3)c2n1. The van der Waals surface area contributed by atoms with Crippen molar-refractivity contribution < 1.29 is 0 Å². The highest BCUT2D eigenvalue weighted by atomic mass is 35.5. The Morgan fingerprint density at radius 2 is 1.86 bits per heavy atom. The van der Waals surface area contributed by atoms with Crippen molar-refractivity contribution in [3.05, 3.63) is 41.7 Å². The summed E-state index contributed by atoms with van der Waals surface area (Å²) in [5.74, 6) is 1.37. The largest absolute Gasteiger partial charge is 0.312 e. The number of hydrogen-bond acceptors (Lipinski definition) is 6. The number of fused-ring (bicyclic) bond motifs is 1. The Morgan fingerprint density at radius 1 is 1.03 bits per heavy atom. The van der Waals surface area contributed by atoms with Gasteiger partial charge in [0.05, 0.1) is 6.33 Å². The van der Waals surface area contributed by atoms with E-state index in [0.29, 0.717) is 17.8 Å². The van der Waals surface area contributed by atoms with Crippen LogP contribution in [0.1, 0.15) is 50.3 Å². The van der Waals surface area contributed by atoms with Crippen LogP contribution in [-0.4, -0.2) is 42.6 Å². The quantitative estimate of drug-likeness (QED) is 0.632. The van der Waals surface area contributed by atoms with Gasteiger partial charge < -0.3 is 9.99 Å². The predicted octanol–water partition coefficient (Wildman–Crippen LogP) is 4.27. The summed E-state index contributed by atoms with van der Waals surface area (Å²) in [7, 11) is 0. The van der Waals surface area contributed by atoms with E-state index >= 15 is 0 Å². The number of halogens is 1. The van der Waals surface area contributed by atoms with Crippen LogP contribution in [-0.2, 0) is 6.42 Å². The van der Waals surface area contributed by atoms with Gasteiger partial charge in [-0.25, -0.2) is 9.99 Å². The molecule has 1 saturated carbocycles. The summed E-state index contributed by atoms with van der Waals surface area (Å²) >= 11 is 6.26. The van der Waals surface area contributed by atoms with E-state index in [4.69, 9.17) is 11.6 Å². The third-order valence-electron chi connectivity index (χ3n) is 6.21. The minimum Gasteiger partial charge on any atom is -0.312 e. The maximum Gasteiger partial charge on any atom is 0.226 e. The van der Waals surface area contributed by atoms with Crippen molar-refractivity contribution >= 4 is 28.6 Å². The van der Waals surface area contributed by atoms with Crippen molar-refractivity contribution in [3.8, 4) is 0 Å². The minimum absolute atomic E-state index is 0.268. The zero-order chi connectivity index (χ0) is 19.6. The molecule has 0 bridgehead atoms. The molecule has 3 aromatic rings. The molecule has 0 amide bonds. The molecule has 0 atom stereocenters. The Bertz CT molecular complexity index is 960. The van der Waals surface area contributed by atoms with Gasteiger partial charge in [-0.2, -0.15) is 9.97 Å². The molecule has 152 valence electrons. The van der Waals surface area contributed by atoms with Crippen LogP contribution < -0.4 is 5.43 Å². The molecule has 5 rings (SSSR count). The normalized spacial score (nSPS) is 19.2. The number of anilines is 1. The maximum atomic E-state index is 6.26. The van der Waals surface area contributed by atoms with Crippen molar-refractivity contribution in [2.75, 3.05) is 18.5 Å². The first-order valence-corrected chi connectivity index (χ1v) is 11.0. The van der Waals surface area contributed by atoms with Gasteiger partial charge in [0.2, 0.25) is 5.28 Å². The van der Waals surface area contributed by atoms with Crippen molar-refractivity contribution in [1.82, 2.24) is 29.5 Å². The van der Waals surface area contributed by atoms with E-state index in [1.54, 1.807) is 0 Å². The van der Waals surface area contributed by atoms with Gasteiger partial charge in [-0.1, -0.05) is 18.9 Å². The number of imidazole rings is 1. The lowest BCUT2D eigenvalue weighted by Gasteiger charge is -2.32. The van der Waals surface area contributed by atoms with E-state index in [9.17, 15) is 0 Å². The highest BCUT2D eigenvalue weighted by Gasteiger charge is 2.24. The summed E-state index contributed by atoms with van der Waals surface area (Å²) in [6.45, 7) is 1.92. The Hall–Kier alpha value is -2.25. The molecule has 2 fully saturated rings. The molecule has 1 aliphatic carbocycles. The first kappa shape index (κ1) is 18.8. The van der Waals surface area contributed by atoms with E-state index in [0.717, 1.165) is 43.5 Å². The molecule has 0 radical (unpaired) electrons. The van der Waals surface area contributed by atoms with Crippen molar-refractivity contribution in [2.24, 2.45) is 5.92 Å². The maximum absolute atomic E-state index is 6.26. The zero-order valence-corrected chi connectivity index (χ0v) is 17.2. The summed E-state index contributed by atoms with van der Waals surface area (Å²) in [5, 5.41) is 2.49. The van der Waals surface area contributed by atoms with Crippen LogP contribution in [0, 0.1) is 5.92 Å². The highest BCUT2D eigenvalue weighted by Crippen LogP contribution is 2.33. The van der Waals surface area contributed by atoms with Crippen LogP contribution in [0.3, 0.4) is 0 Å². The second-order valence-electron chi connectivity index (χ2n) is 8.17. The van der Waals surface area contributed by atoms with E-state index in [-0.39, 0.29) is 5.28 Å². The van der Waals surface area contributed by atoms with Crippen LogP contribution >= 0.6 is 11.6 Å². The molecule has 29 heavy (non-hydrogen) atoms. The van der Waals surface area contributed by atoms with E-state index < -0.39 is 0 Å². The molecular weight excluding hydrogens is 386 g/mol. The lowest BCUT2D eigenvalue weighted by atomic mass is 9.92. The van der Waals surface area contributed by atoms with Crippen molar-refractivity contribution in [1.29, 1.82) is 0 Å². The van der Waals surface area contributed by atoms with Gasteiger partial charge in [0.25, 0.3) is 0 Å². The number of pyridine rings is 1. The first-order valence-electron chi connectivity index (χ1n) is 10.6. The lowest BCUT2D eigenvalue weighted by molar-refractivity contribution is 0.215. The number of piperidine rings is 1. The van der Waals surface area contributed by atoms with Crippen LogP contribution in [0.2, 0.25) is 5.28 Å². The average molecular weight is 412 g/mol. The van der Waals surface area contributed by atoms with Crippen LogP contribution in [0.4, 0.5) is 5.82 Å². The number of hydrazine groups is 1. The molecule has 3 aromatic heterocycles. The van der Waals surface area contributed by atoms with Crippen LogP contribution in [0.5, 0.6) is 0 Å². The van der Waals surface area contributed by atoms with Crippen molar-refractivity contribution in [2.45, 2.75) is 51.0 Å². The molecule has 0 unspecified atom stereocenters. The average Bonchev–Trinajstić information content (AvgIpc) is 3.40. The van der Waals surface area contributed by atoms with Gasteiger partial charge in [0, 0.05) is 31.0 Å². The fraction of sp³-hybridized carbons (Fsp3) is 0.524. The van der Waals surface area contributed by atoms with Crippen LogP contribution in [0.15, 0.2) is 30.7 Å². The summed E-state index contributed by atoms with van der Waals surface area (Å²) in [6, 6.07) is 6.62. The molecule has 4 heterocycles. The van der Waals surface area contributed by atoms with Gasteiger partial charge in [0.1, 0.15) is 0 Å². The lowest BCUT2D eigenvalue weighted by Crippen LogP contribution is -2.38. The second kappa shape index (κ2) is 8.24. The topological polar surface area (TPSA) is 71.8 Å². The molecule has 0 aromatic carbocycles. The number of rotatable bonds is 5. The van der Waals surface area contributed by atoms with Gasteiger partial charge >= 0.3 is 0 Å². The first-order chi connectivity index (χ1) is 14.3. The highest BCUT2D eigenvalue weighted by molar-refractivity contribution is 6.28. The summed E-state index contributed by atoms with van der Waals surface area (Å²) < 4.78 is 2.18. The van der Waals surface area contributed by atoms with E-state index in [1.165, 1.54) is 31.4 Å². The number of hydrogen-bond donors (Lipinski definition) is 1. The third kappa shape index (κ3) is 4.07. The molecule has 1 N–H and O–H groups in total. The molecule has 7 nitrogen and oxygen atoms in total. The third-order valence-corrected chi connectivity index (χ3v) is 6.38. The standard InChI is InChI=1S/C21H26ClN7/c22-21-25-19(18-20(26-21)29(14-24-18)17-6-1-2-7-17)27-28-11-8-15(9-12-28)13-16-5-3-4-10-23-16/h3-5,10,14-15,17H,1-2,6-9,11-13H2,(H,25,26,27). The molecule has 0 spiro atoms.